The van der Waals surface area contributed by atoms with Gasteiger partial charge in [-0.2, -0.15) is 0 Å². The number of hydrogen-bond donors (Lipinski definition) is 0. The molecule has 0 N–H and O–H groups in total. The second-order valence-corrected chi connectivity index (χ2v) is 6.35. The number of amides is 1. The number of carbonyl (C=O) groups is 1. The van der Waals surface area contributed by atoms with Crippen LogP contribution in [0.1, 0.15) is 25.3 Å². The number of nitrogens with zero attached hydrogens (tertiary/aromatic N) is 1. The number of piperidine rings is 1. The van der Waals surface area contributed by atoms with Crippen LogP contribution >= 0.6 is 0 Å². The molecule has 2 fully saturated rings. The van der Waals surface area contributed by atoms with Gasteiger partial charge in [0.2, 0.25) is 0 Å². The Balaban J connectivity index is 1.50. The van der Waals surface area contributed by atoms with Gasteiger partial charge in [0.25, 0.3) is 5.91 Å². The molecule has 0 aromatic heterocycles. The fourth-order valence-corrected chi connectivity index (χ4v) is 3.24. The zero-order valence-corrected chi connectivity index (χ0v) is 13.9. The number of aryl methyl sites for hydroxylation is 1. The van der Waals surface area contributed by atoms with Gasteiger partial charge in [0.15, 0.2) is 12.4 Å². The smallest absolute Gasteiger partial charge is 0.263 e. The Morgan fingerprint density at radius 3 is 2.61 bits per heavy atom. The molecule has 2 heterocycles. The molecular weight excluding hydrogens is 294 g/mol. The predicted molar refractivity (Wildman–Crippen MR) is 86.3 cm³/mol. The Morgan fingerprint density at radius 1 is 1.26 bits per heavy atom. The van der Waals surface area contributed by atoms with Gasteiger partial charge in [-0.15, -0.1) is 0 Å². The molecule has 1 amide bonds. The highest BCUT2D eigenvalue weighted by molar-refractivity contribution is 5.81. The lowest BCUT2D eigenvalue weighted by Gasteiger charge is -2.35. The first-order valence-corrected chi connectivity index (χ1v) is 8.39. The van der Waals surface area contributed by atoms with Gasteiger partial charge in [0, 0.05) is 19.0 Å². The zero-order chi connectivity index (χ0) is 16.2. The largest absolute Gasteiger partial charge is 0.481 e. The molecule has 2 aliphatic rings. The van der Waals surface area contributed by atoms with Crippen molar-refractivity contribution in [3.8, 4) is 5.75 Å². The van der Waals surface area contributed by atoms with Gasteiger partial charge in [-0.05, 0) is 44.4 Å². The van der Waals surface area contributed by atoms with E-state index in [1.54, 1.807) is 0 Å². The Labute approximate surface area is 137 Å². The molecule has 1 aromatic carbocycles. The van der Waals surface area contributed by atoms with Gasteiger partial charge >= 0.3 is 0 Å². The van der Waals surface area contributed by atoms with Crippen LogP contribution in [0.3, 0.4) is 0 Å². The summed E-state index contributed by atoms with van der Waals surface area (Å²) in [5.74, 6) is 1.20. The van der Waals surface area contributed by atoms with E-state index in [1.165, 1.54) is 0 Å². The predicted octanol–water partition coefficient (Wildman–Crippen LogP) is 2.37. The molecule has 0 spiro atoms. The van der Waals surface area contributed by atoms with E-state index in [2.05, 4.69) is 0 Å². The van der Waals surface area contributed by atoms with Crippen LogP contribution in [-0.2, 0) is 14.3 Å². The van der Waals surface area contributed by atoms with E-state index in [9.17, 15) is 4.79 Å². The number of carbonyl (C=O) groups excluding carboxylic acids is 1. The molecular formula is C18H25NO4. The molecule has 1 unspecified atom stereocenters. The number of ether oxygens (including phenoxy) is 3. The number of rotatable bonds is 4. The van der Waals surface area contributed by atoms with Crippen molar-refractivity contribution >= 4 is 5.91 Å². The molecule has 0 saturated carbocycles. The average molecular weight is 319 g/mol. The van der Waals surface area contributed by atoms with Crippen molar-refractivity contribution in [2.75, 3.05) is 26.3 Å². The molecule has 2 saturated heterocycles. The summed E-state index contributed by atoms with van der Waals surface area (Å²) in [5, 5.41) is 0. The summed E-state index contributed by atoms with van der Waals surface area (Å²) in [5.41, 5.74) is 1.12. The van der Waals surface area contributed by atoms with E-state index in [0.717, 1.165) is 37.2 Å². The first-order valence-electron chi connectivity index (χ1n) is 8.39. The summed E-state index contributed by atoms with van der Waals surface area (Å²) in [6.45, 7) is 6.69. The summed E-state index contributed by atoms with van der Waals surface area (Å²) in [6.07, 6.45) is 1.31. The van der Waals surface area contributed by atoms with Gasteiger partial charge in [-0.25, -0.2) is 0 Å². The standard InChI is InChI=1S/C18H25NO4/c1-13-4-3-5-16(12-13)23-14(2)17(20)19-8-6-15(7-9-19)18-21-10-11-22-18/h3-5,12,14-15,18H,6-11H2,1-2H3. The van der Waals surface area contributed by atoms with Crippen molar-refractivity contribution in [1.29, 1.82) is 0 Å². The van der Waals surface area contributed by atoms with Gasteiger partial charge in [-0.3, -0.25) is 4.79 Å². The SMILES string of the molecule is Cc1cccc(OC(C)C(=O)N2CCC(C3OCCO3)CC2)c1. The van der Waals surface area contributed by atoms with Crippen molar-refractivity contribution in [3.63, 3.8) is 0 Å². The van der Waals surface area contributed by atoms with Crippen molar-refractivity contribution in [3.05, 3.63) is 29.8 Å². The van der Waals surface area contributed by atoms with Crippen molar-refractivity contribution < 1.29 is 19.0 Å². The van der Waals surface area contributed by atoms with Crippen LogP contribution in [0, 0.1) is 12.8 Å². The number of benzene rings is 1. The van der Waals surface area contributed by atoms with Crippen molar-refractivity contribution in [2.45, 2.75) is 39.1 Å². The van der Waals surface area contributed by atoms with Gasteiger partial charge in [0.05, 0.1) is 13.2 Å². The van der Waals surface area contributed by atoms with Crippen LogP contribution < -0.4 is 4.74 Å². The molecule has 1 aromatic rings. The molecule has 0 bridgehead atoms. The highest BCUT2D eigenvalue weighted by atomic mass is 16.7. The van der Waals surface area contributed by atoms with Crippen LogP contribution in [0.4, 0.5) is 0 Å². The normalized spacial score (nSPS) is 21.4. The molecule has 23 heavy (non-hydrogen) atoms. The minimum absolute atomic E-state index is 0.0539. The first kappa shape index (κ1) is 16.3. The minimum atomic E-state index is -0.465. The fraction of sp³-hybridized carbons (Fsp3) is 0.611. The van der Waals surface area contributed by atoms with E-state index >= 15 is 0 Å². The highest BCUT2D eigenvalue weighted by Gasteiger charge is 2.33. The van der Waals surface area contributed by atoms with E-state index in [-0.39, 0.29) is 12.2 Å². The van der Waals surface area contributed by atoms with Gasteiger partial charge in [0.1, 0.15) is 5.75 Å². The minimum Gasteiger partial charge on any atom is -0.481 e. The quantitative estimate of drug-likeness (QED) is 0.855. The third-order valence-corrected chi connectivity index (χ3v) is 4.53. The third kappa shape index (κ3) is 4.03. The monoisotopic (exact) mass is 319 g/mol. The molecule has 5 nitrogen and oxygen atoms in total. The van der Waals surface area contributed by atoms with E-state index in [4.69, 9.17) is 14.2 Å². The third-order valence-electron chi connectivity index (χ3n) is 4.53. The van der Waals surface area contributed by atoms with Crippen molar-refractivity contribution in [2.24, 2.45) is 5.92 Å². The maximum Gasteiger partial charge on any atom is 0.263 e. The van der Waals surface area contributed by atoms with Gasteiger partial charge < -0.3 is 19.1 Å². The van der Waals surface area contributed by atoms with Crippen LogP contribution in [0.2, 0.25) is 0 Å². The van der Waals surface area contributed by atoms with Crippen molar-refractivity contribution in [1.82, 2.24) is 4.90 Å². The maximum atomic E-state index is 12.6. The Kier molecular flexibility index (Phi) is 5.18. The van der Waals surface area contributed by atoms with E-state index in [0.29, 0.717) is 19.1 Å². The molecule has 1 atom stereocenters. The lowest BCUT2D eigenvalue weighted by atomic mass is 9.96. The van der Waals surface area contributed by atoms with Crippen LogP contribution in [-0.4, -0.2) is 49.5 Å². The van der Waals surface area contributed by atoms with E-state index in [1.807, 2.05) is 43.0 Å². The number of likely N-dealkylation sites (tertiary alicyclic amines) is 1. The van der Waals surface area contributed by atoms with Gasteiger partial charge in [-0.1, -0.05) is 12.1 Å². The topological polar surface area (TPSA) is 48.0 Å². The molecule has 126 valence electrons. The lowest BCUT2D eigenvalue weighted by Crippen LogP contribution is -2.46. The second kappa shape index (κ2) is 7.32. The number of hydrogen-bond acceptors (Lipinski definition) is 4. The summed E-state index contributed by atoms with van der Waals surface area (Å²) < 4.78 is 16.9. The molecule has 0 aliphatic carbocycles. The Morgan fingerprint density at radius 2 is 1.96 bits per heavy atom. The molecule has 3 rings (SSSR count). The van der Waals surface area contributed by atoms with E-state index < -0.39 is 6.10 Å². The Bertz CT molecular complexity index is 534. The zero-order valence-electron chi connectivity index (χ0n) is 13.9. The first-order chi connectivity index (χ1) is 11.1. The summed E-state index contributed by atoms with van der Waals surface area (Å²) in [7, 11) is 0. The Hall–Kier alpha value is -1.59. The van der Waals surface area contributed by atoms with Crippen LogP contribution in [0.25, 0.3) is 0 Å². The summed E-state index contributed by atoms with van der Waals surface area (Å²) >= 11 is 0. The fourth-order valence-electron chi connectivity index (χ4n) is 3.24. The molecule has 2 aliphatic heterocycles. The summed E-state index contributed by atoms with van der Waals surface area (Å²) in [4.78, 5) is 14.4. The van der Waals surface area contributed by atoms with Crippen LogP contribution in [0.5, 0.6) is 5.75 Å². The second-order valence-electron chi connectivity index (χ2n) is 6.35. The molecule has 5 heteroatoms. The average Bonchev–Trinajstić information content (AvgIpc) is 3.09. The highest BCUT2D eigenvalue weighted by Crippen LogP contribution is 2.26. The maximum absolute atomic E-state index is 12.6. The van der Waals surface area contributed by atoms with Crippen LogP contribution in [0.15, 0.2) is 24.3 Å². The molecule has 0 radical (unpaired) electrons. The lowest BCUT2D eigenvalue weighted by molar-refractivity contribution is -0.143. The summed E-state index contributed by atoms with van der Waals surface area (Å²) in [6, 6.07) is 7.79.